The molecule has 3 rings (SSSR count). The second kappa shape index (κ2) is 8.28. The van der Waals surface area contributed by atoms with Crippen molar-refractivity contribution >= 4 is 17.6 Å². The maximum atomic E-state index is 12.3. The first-order chi connectivity index (χ1) is 12.3. The molecule has 1 aliphatic rings. The highest BCUT2D eigenvalue weighted by atomic mass is 16.2. The molecular weight excluding hydrogens is 314 g/mol. The van der Waals surface area contributed by atoms with Crippen molar-refractivity contribution < 1.29 is 4.79 Å². The van der Waals surface area contributed by atoms with E-state index in [4.69, 9.17) is 0 Å². The second-order valence-electron chi connectivity index (χ2n) is 6.00. The Hall–Kier alpha value is -2.89. The lowest BCUT2D eigenvalue weighted by Crippen LogP contribution is -2.45. The molecule has 1 fully saturated rings. The highest BCUT2D eigenvalue weighted by molar-refractivity contribution is 5.97. The Morgan fingerprint density at radius 1 is 1.28 bits per heavy atom. The van der Waals surface area contributed by atoms with Crippen molar-refractivity contribution in [3.63, 3.8) is 0 Å². The summed E-state index contributed by atoms with van der Waals surface area (Å²) in [5, 5.41) is 6.64. The van der Waals surface area contributed by atoms with Crippen molar-refractivity contribution in [3.8, 4) is 0 Å². The number of anilines is 1. The predicted octanol–water partition coefficient (Wildman–Crippen LogP) is 1.59. The van der Waals surface area contributed by atoms with Gasteiger partial charge in [-0.2, -0.15) is 0 Å². The van der Waals surface area contributed by atoms with Crippen molar-refractivity contribution in [2.24, 2.45) is 4.99 Å². The summed E-state index contributed by atoms with van der Waals surface area (Å²) in [4.78, 5) is 22.5. The Bertz CT molecular complexity index is 717. The summed E-state index contributed by atoms with van der Waals surface area (Å²) >= 11 is 0. The van der Waals surface area contributed by atoms with Gasteiger partial charge in [-0.3, -0.25) is 14.8 Å². The van der Waals surface area contributed by atoms with E-state index in [1.165, 1.54) is 5.56 Å². The highest BCUT2D eigenvalue weighted by Gasteiger charge is 2.30. The van der Waals surface area contributed by atoms with E-state index in [9.17, 15) is 4.79 Å². The van der Waals surface area contributed by atoms with Crippen LogP contribution in [0.3, 0.4) is 0 Å². The normalized spacial score (nSPS) is 17.6. The maximum absolute atomic E-state index is 12.3. The Morgan fingerprint density at radius 3 is 2.84 bits per heavy atom. The number of rotatable bonds is 5. The summed E-state index contributed by atoms with van der Waals surface area (Å²) in [6, 6.07) is 13.8. The Balaban J connectivity index is 1.50. The zero-order valence-corrected chi connectivity index (χ0v) is 14.4. The van der Waals surface area contributed by atoms with Crippen LogP contribution in [-0.4, -0.2) is 43.0 Å². The first-order valence-electron chi connectivity index (χ1n) is 8.48. The number of hydrogen-bond donors (Lipinski definition) is 2. The lowest BCUT2D eigenvalue weighted by Gasteiger charge is -2.19. The van der Waals surface area contributed by atoms with E-state index in [0.717, 1.165) is 24.6 Å². The number of aliphatic imine (C=N–C) groups is 1. The number of carbonyl (C=O) groups excluding carboxylic acids is 1. The van der Waals surface area contributed by atoms with E-state index in [2.05, 4.69) is 26.7 Å². The molecule has 1 aromatic heterocycles. The predicted molar refractivity (Wildman–Crippen MR) is 99.6 cm³/mol. The zero-order chi connectivity index (χ0) is 17.5. The number of carbonyl (C=O) groups is 1. The molecule has 2 heterocycles. The molecule has 1 aliphatic heterocycles. The number of aromatic nitrogens is 1. The van der Waals surface area contributed by atoms with Crippen LogP contribution in [0.2, 0.25) is 0 Å². The third kappa shape index (κ3) is 4.56. The smallest absolute Gasteiger partial charge is 0.229 e. The fourth-order valence-corrected chi connectivity index (χ4v) is 2.92. The Labute approximate surface area is 148 Å². The molecule has 2 aromatic rings. The fraction of sp³-hybridized carbons (Fsp3) is 0.316. The van der Waals surface area contributed by atoms with Gasteiger partial charge in [0.1, 0.15) is 0 Å². The van der Waals surface area contributed by atoms with Gasteiger partial charge in [0, 0.05) is 44.6 Å². The molecule has 25 heavy (non-hydrogen) atoms. The summed E-state index contributed by atoms with van der Waals surface area (Å²) in [5.74, 6) is 0.853. The van der Waals surface area contributed by atoms with Gasteiger partial charge in [0.05, 0.1) is 6.04 Å². The minimum atomic E-state index is 0.0531. The molecule has 1 saturated heterocycles. The minimum Gasteiger partial charge on any atom is -0.356 e. The SMILES string of the molecule is CN=C(NCCc1cccnc1)NC1CC(=O)N(c2ccccc2)C1. The number of amides is 1. The van der Waals surface area contributed by atoms with Crippen LogP contribution in [0, 0.1) is 0 Å². The van der Waals surface area contributed by atoms with E-state index in [1.54, 1.807) is 13.2 Å². The molecule has 130 valence electrons. The van der Waals surface area contributed by atoms with Crippen molar-refractivity contribution in [1.29, 1.82) is 0 Å². The van der Waals surface area contributed by atoms with Gasteiger partial charge in [0.25, 0.3) is 0 Å². The van der Waals surface area contributed by atoms with E-state index in [1.807, 2.05) is 47.5 Å². The number of pyridine rings is 1. The highest BCUT2D eigenvalue weighted by Crippen LogP contribution is 2.20. The van der Waals surface area contributed by atoms with Crippen LogP contribution in [0.25, 0.3) is 0 Å². The Morgan fingerprint density at radius 2 is 2.12 bits per heavy atom. The maximum Gasteiger partial charge on any atom is 0.229 e. The van der Waals surface area contributed by atoms with Gasteiger partial charge in [-0.15, -0.1) is 0 Å². The van der Waals surface area contributed by atoms with E-state index in [-0.39, 0.29) is 11.9 Å². The molecule has 0 aliphatic carbocycles. The largest absolute Gasteiger partial charge is 0.356 e. The quantitative estimate of drug-likeness (QED) is 0.642. The molecule has 0 bridgehead atoms. The molecular formula is C19H23N5O. The summed E-state index contributed by atoms with van der Waals surface area (Å²) in [6.07, 6.45) is 4.98. The Kier molecular flexibility index (Phi) is 5.61. The second-order valence-corrected chi connectivity index (χ2v) is 6.00. The number of nitrogens with zero attached hydrogens (tertiary/aromatic N) is 3. The van der Waals surface area contributed by atoms with Crippen LogP contribution in [0.15, 0.2) is 59.9 Å². The number of para-hydroxylation sites is 1. The topological polar surface area (TPSA) is 69.6 Å². The van der Waals surface area contributed by atoms with Crippen LogP contribution < -0.4 is 15.5 Å². The molecule has 6 heteroatoms. The van der Waals surface area contributed by atoms with Crippen LogP contribution in [0.5, 0.6) is 0 Å². The standard InChI is InChI=1S/C19H23N5O/c1-20-19(22-11-9-15-6-5-10-21-13-15)23-16-12-18(25)24(14-16)17-7-3-2-4-8-17/h2-8,10,13,16H,9,11-12,14H2,1H3,(H2,20,22,23). The summed E-state index contributed by atoms with van der Waals surface area (Å²) in [5.41, 5.74) is 2.12. The van der Waals surface area contributed by atoms with E-state index < -0.39 is 0 Å². The molecule has 1 unspecified atom stereocenters. The zero-order valence-electron chi connectivity index (χ0n) is 14.4. The third-order valence-electron chi connectivity index (χ3n) is 4.19. The fourth-order valence-electron chi connectivity index (χ4n) is 2.92. The molecule has 0 radical (unpaired) electrons. The van der Waals surface area contributed by atoms with Gasteiger partial charge in [0.15, 0.2) is 5.96 Å². The van der Waals surface area contributed by atoms with Crippen molar-refractivity contribution in [2.45, 2.75) is 18.9 Å². The number of guanidine groups is 1. The summed E-state index contributed by atoms with van der Waals surface area (Å²) in [7, 11) is 1.74. The molecule has 1 aromatic carbocycles. The molecule has 1 amide bonds. The van der Waals surface area contributed by atoms with Crippen molar-refractivity contribution in [2.75, 3.05) is 25.0 Å². The lowest BCUT2D eigenvalue weighted by molar-refractivity contribution is -0.117. The lowest BCUT2D eigenvalue weighted by atomic mass is 10.2. The van der Waals surface area contributed by atoms with E-state index >= 15 is 0 Å². The van der Waals surface area contributed by atoms with Gasteiger partial charge in [0.2, 0.25) is 5.91 Å². The minimum absolute atomic E-state index is 0.0531. The summed E-state index contributed by atoms with van der Waals surface area (Å²) in [6.45, 7) is 1.40. The van der Waals surface area contributed by atoms with Crippen molar-refractivity contribution in [1.82, 2.24) is 15.6 Å². The van der Waals surface area contributed by atoms with Crippen LogP contribution >= 0.6 is 0 Å². The average Bonchev–Trinajstić information content (AvgIpc) is 3.02. The van der Waals surface area contributed by atoms with Gasteiger partial charge in [-0.25, -0.2) is 0 Å². The van der Waals surface area contributed by atoms with Gasteiger partial charge in [-0.1, -0.05) is 24.3 Å². The number of benzene rings is 1. The number of hydrogen-bond acceptors (Lipinski definition) is 3. The molecule has 2 N–H and O–H groups in total. The first kappa shape index (κ1) is 17.0. The van der Waals surface area contributed by atoms with Crippen LogP contribution in [0.4, 0.5) is 5.69 Å². The average molecular weight is 337 g/mol. The van der Waals surface area contributed by atoms with Gasteiger partial charge in [-0.05, 0) is 30.2 Å². The van der Waals surface area contributed by atoms with Crippen LogP contribution in [0.1, 0.15) is 12.0 Å². The van der Waals surface area contributed by atoms with Crippen LogP contribution in [-0.2, 0) is 11.2 Å². The first-order valence-corrected chi connectivity index (χ1v) is 8.48. The molecule has 1 atom stereocenters. The van der Waals surface area contributed by atoms with Gasteiger partial charge < -0.3 is 15.5 Å². The molecule has 6 nitrogen and oxygen atoms in total. The van der Waals surface area contributed by atoms with Crippen molar-refractivity contribution in [3.05, 3.63) is 60.4 Å². The monoisotopic (exact) mass is 337 g/mol. The van der Waals surface area contributed by atoms with E-state index in [0.29, 0.717) is 13.0 Å². The third-order valence-corrected chi connectivity index (χ3v) is 4.19. The molecule has 0 saturated carbocycles. The summed E-state index contributed by atoms with van der Waals surface area (Å²) < 4.78 is 0. The number of nitrogens with one attached hydrogen (secondary N) is 2. The molecule has 0 spiro atoms. The van der Waals surface area contributed by atoms with Gasteiger partial charge >= 0.3 is 0 Å².